The largest absolute Gasteiger partial charge is 0.303 e. The smallest absolute Gasteiger partial charge is 0.178 e. The van der Waals surface area contributed by atoms with Crippen LogP contribution in [0, 0.1) is 0 Å². The van der Waals surface area contributed by atoms with Crippen LogP contribution in [0.5, 0.6) is 0 Å². The molecule has 16 heteroatoms. The molecular weight excluding hydrogens is 1080 g/mol. The van der Waals surface area contributed by atoms with Gasteiger partial charge in [-0.05, 0) is 236 Å². The molecule has 0 amide bonds. The van der Waals surface area contributed by atoms with Crippen LogP contribution in [-0.2, 0) is 39.3 Å². The number of hydrogen-bond acceptors (Lipinski definition) is 12. The molecule has 4 aliphatic rings. The Bertz CT molecular complexity index is 2940. The molecule has 0 bridgehead atoms. The van der Waals surface area contributed by atoms with E-state index in [1.165, 1.54) is 11.1 Å². The van der Waals surface area contributed by atoms with Crippen molar-refractivity contribution in [2.24, 2.45) is 0 Å². The Hall–Kier alpha value is -4.00. The number of piperidine rings is 2. The van der Waals surface area contributed by atoms with E-state index in [0.29, 0.717) is 57.1 Å². The Morgan fingerprint density at radius 1 is 0.388 bits per heavy atom. The van der Waals surface area contributed by atoms with Crippen molar-refractivity contribution >= 4 is 50.5 Å². The summed E-state index contributed by atoms with van der Waals surface area (Å²) in [5.41, 5.74) is 6.53. The maximum atomic E-state index is 13.1. The van der Waals surface area contributed by atoms with Crippen LogP contribution in [0.4, 0.5) is 0 Å². The van der Waals surface area contributed by atoms with Gasteiger partial charge in [0, 0.05) is 27.6 Å². The molecule has 0 unspecified atom stereocenters. The summed E-state index contributed by atoms with van der Waals surface area (Å²) >= 11 is 0. The summed E-state index contributed by atoms with van der Waals surface area (Å²) in [7, 11) is -13.9. The van der Waals surface area contributed by atoms with Gasteiger partial charge in [-0.3, -0.25) is 9.80 Å². The van der Waals surface area contributed by atoms with Gasteiger partial charge in [0.05, 0.1) is 42.6 Å². The van der Waals surface area contributed by atoms with Gasteiger partial charge in [-0.15, -0.1) is 0 Å². The van der Waals surface area contributed by atoms with E-state index in [-0.39, 0.29) is 24.4 Å². The average Bonchev–Trinajstić information content (AvgIpc) is 3.48. The van der Waals surface area contributed by atoms with Crippen LogP contribution < -0.4 is 0 Å². The molecule has 4 aromatic rings. The Kier molecular flexibility index (Phi) is 24.3. The third-order valence-electron chi connectivity index (χ3n) is 16.6. The van der Waals surface area contributed by atoms with Crippen molar-refractivity contribution < 1.29 is 35.1 Å². The van der Waals surface area contributed by atoms with Crippen LogP contribution in [0.3, 0.4) is 0 Å². The lowest BCUT2D eigenvalue weighted by molar-refractivity contribution is 0.212. The average molecular weight is 1180 g/mol. The zero-order chi connectivity index (χ0) is 57.2. The van der Waals surface area contributed by atoms with E-state index in [1.54, 1.807) is 36.4 Å². The monoisotopic (exact) mass is 1170 g/mol. The minimum Gasteiger partial charge on any atom is -0.303 e. The first-order chi connectivity index (χ1) is 38.4. The Morgan fingerprint density at radius 2 is 0.688 bits per heavy atom. The van der Waals surface area contributed by atoms with Gasteiger partial charge in [0.2, 0.25) is 0 Å². The maximum absolute atomic E-state index is 13.1. The molecule has 0 spiro atoms. The zero-order valence-electron chi connectivity index (χ0n) is 48.4. The fraction of sp³-hybridized carbons (Fsp3) is 0.562. The lowest BCUT2D eigenvalue weighted by Crippen LogP contribution is -2.33. The molecule has 0 radical (unpaired) electrons. The van der Waals surface area contributed by atoms with Crippen LogP contribution in [0.2, 0.25) is 0 Å². The van der Waals surface area contributed by atoms with Gasteiger partial charge in [-0.2, -0.15) is 0 Å². The van der Waals surface area contributed by atoms with E-state index in [0.717, 1.165) is 165 Å². The van der Waals surface area contributed by atoms with Crippen molar-refractivity contribution in [3.8, 4) is 0 Å². The van der Waals surface area contributed by atoms with Crippen molar-refractivity contribution in [3.05, 3.63) is 131 Å². The molecule has 0 atom stereocenters. The molecule has 8 rings (SSSR count). The van der Waals surface area contributed by atoms with E-state index >= 15 is 0 Å². The van der Waals surface area contributed by atoms with E-state index in [9.17, 15) is 33.7 Å². The van der Waals surface area contributed by atoms with Crippen LogP contribution >= 0.6 is 0 Å². The fourth-order valence-corrected chi connectivity index (χ4v) is 17.6. The second kappa shape index (κ2) is 30.5. The molecular formula is C64H94N4O8S4. The van der Waals surface area contributed by atoms with Crippen LogP contribution in [0.1, 0.15) is 153 Å². The van der Waals surface area contributed by atoms with Gasteiger partial charge in [0.1, 0.15) is 0 Å². The molecule has 0 aromatic heterocycles. The molecule has 2 fully saturated rings. The number of sulfone groups is 4. The predicted molar refractivity (Wildman–Crippen MR) is 331 cm³/mol. The topological polar surface area (TPSA) is 150 Å². The van der Waals surface area contributed by atoms with Crippen LogP contribution in [0.15, 0.2) is 129 Å². The number of benzene rings is 4. The first kappa shape index (κ1) is 63.6. The van der Waals surface area contributed by atoms with Gasteiger partial charge < -0.3 is 9.80 Å². The molecule has 0 N–H and O–H groups in total. The van der Waals surface area contributed by atoms with Crippen molar-refractivity contribution in [3.63, 3.8) is 0 Å². The Morgan fingerprint density at radius 3 is 0.988 bits per heavy atom. The third-order valence-corrected chi connectivity index (χ3v) is 23.8. The van der Waals surface area contributed by atoms with Crippen molar-refractivity contribution in [1.29, 1.82) is 0 Å². The van der Waals surface area contributed by atoms with Gasteiger partial charge in [-0.25, -0.2) is 33.7 Å². The number of likely N-dealkylation sites (tertiary alicyclic amines) is 2. The zero-order valence-corrected chi connectivity index (χ0v) is 51.7. The third kappa shape index (κ3) is 18.5. The van der Waals surface area contributed by atoms with E-state index < -0.39 is 39.3 Å². The lowest BCUT2D eigenvalue weighted by atomic mass is 9.89. The summed E-state index contributed by atoms with van der Waals surface area (Å²) in [6, 6.07) is 29.3. The molecule has 2 saturated heterocycles. The first-order valence-electron chi connectivity index (χ1n) is 30.0. The van der Waals surface area contributed by atoms with Crippen LogP contribution in [0.25, 0.3) is 11.1 Å². The summed E-state index contributed by atoms with van der Waals surface area (Å²) in [6.07, 6.45) is 16.3. The number of unbranched alkanes of at least 4 members (excludes halogenated alkanes) is 2. The molecule has 4 aliphatic heterocycles. The first-order valence-corrected chi connectivity index (χ1v) is 36.6. The molecule has 12 nitrogen and oxygen atoms in total. The summed E-state index contributed by atoms with van der Waals surface area (Å²) in [5, 5.41) is 0. The standard InChI is InChI=1S/C32H48N2O4S2.C32H44N2O4S2.H2/c2*1-3-17-33-19-13-27(14-20-33)29-9-7-11-31(25-29)39(35,36)23-5-6-24-40(37,38)32-12-8-10-30(26-32)28-15-21-34(18-4-2)22-16-28;/h7-12,25-28H,3-6,13-24H2,1-2H3;7-13,15,25-26H,3-6,14,16-24H2,1-2H3;1H. The second-order valence-corrected chi connectivity index (χ2v) is 31.1. The van der Waals surface area contributed by atoms with Gasteiger partial charge in [0.15, 0.2) is 39.3 Å². The summed E-state index contributed by atoms with van der Waals surface area (Å²) in [4.78, 5) is 11.1. The number of nitrogens with zero attached hydrogens (tertiary/aromatic N) is 4. The normalized spacial score (nSPS) is 18.1. The summed E-state index contributed by atoms with van der Waals surface area (Å²) < 4.78 is 105. The SMILES string of the molecule is CCCN1CC=C(c2cccc(S(=O)(=O)CCCCS(=O)(=O)c3cccc(C4=CCN(CCC)CC4)c3)c2)CC1.CCCN1CCC(c2cccc(S(=O)(=O)CCCCS(=O)(=O)c3cccc(C4CCN(CCC)CC4)c3)c2)CC1.[HH]. The lowest BCUT2D eigenvalue weighted by Gasteiger charge is -2.32. The number of rotatable bonds is 26. The molecule has 0 saturated carbocycles. The fourth-order valence-electron chi connectivity index (χ4n) is 11.9. The Labute approximate surface area is 484 Å². The van der Waals surface area contributed by atoms with Gasteiger partial charge in [0.25, 0.3) is 0 Å². The van der Waals surface area contributed by atoms with E-state index in [2.05, 4.69) is 59.4 Å². The molecule has 80 heavy (non-hydrogen) atoms. The highest BCUT2D eigenvalue weighted by molar-refractivity contribution is 7.92. The predicted octanol–water partition coefficient (Wildman–Crippen LogP) is 11.9. The summed E-state index contributed by atoms with van der Waals surface area (Å²) in [5.74, 6) is 0.614. The highest BCUT2D eigenvalue weighted by Gasteiger charge is 2.26. The van der Waals surface area contributed by atoms with Crippen LogP contribution in [-0.4, -0.2) is 155 Å². The van der Waals surface area contributed by atoms with Crippen molar-refractivity contribution in [2.45, 2.75) is 149 Å². The van der Waals surface area contributed by atoms with Crippen molar-refractivity contribution in [1.82, 2.24) is 19.6 Å². The van der Waals surface area contributed by atoms with E-state index in [1.807, 2.05) is 60.7 Å². The van der Waals surface area contributed by atoms with Gasteiger partial charge >= 0.3 is 0 Å². The quantitative estimate of drug-likeness (QED) is 0.0551. The molecule has 4 heterocycles. The molecule has 0 aliphatic carbocycles. The molecule has 4 aromatic carbocycles. The maximum Gasteiger partial charge on any atom is 0.178 e. The minimum absolute atomic E-state index is 0. The highest BCUT2D eigenvalue weighted by Crippen LogP contribution is 2.33. The minimum atomic E-state index is -3.50. The molecule has 442 valence electrons. The summed E-state index contributed by atoms with van der Waals surface area (Å²) in [6.45, 7) is 21.2. The van der Waals surface area contributed by atoms with E-state index in [4.69, 9.17) is 0 Å². The Balaban J connectivity index is 0.000000258. The van der Waals surface area contributed by atoms with Crippen molar-refractivity contribution in [2.75, 3.05) is 102 Å². The van der Waals surface area contributed by atoms with Gasteiger partial charge in [-0.1, -0.05) is 88.4 Å². The number of hydrogen-bond donors (Lipinski definition) is 0. The highest BCUT2D eigenvalue weighted by atomic mass is 32.2. The second-order valence-electron chi connectivity index (χ2n) is 22.7.